The van der Waals surface area contributed by atoms with Gasteiger partial charge in [-0.25, -0.2) is 4.98 Å². The Labute approximate surface area is 190 Å². The molecule has 6 heteroatoms. The SMILES string of the molecule is CN=C(NCCCn1ccnc1)NCCC(c1ccccc1)c1ccccc1.I. The summed E-state index contributed by atoms with van der Waals surface area (Å²) in [6.07, 6.45) is 7.67. The van der Waals surface area contributed by atoms with Gasteiger partial charge in [0.15, 0.2) is 5.96 Å². The van der Waals surface area contributed by atoms with Crippen LogP contribution in [0, 0.1) is 0 Å². The summed E-state index contributed by atoms with van der Waals surface area (Å²) in [6, 6.07) is 21.4. The number of hydrogen-bond acceptors (Lipinski definition) is 2. The Kier molecular flexibility index (Phi) is 10.3. The van der Waals surface area contributed by atoms with Crippen LogP contribution in [0.15, 0.2) is 84.4 Å². The zero-order chi connectivity index (χ0) is 19.4. The van der Waals surface area contributed by atoms with Gasteiger partial charge in [-0.1, -0.05) is 60.7 Å². The molecule has 0 radical (unpaired) electrons. The van der Waals surface area contributed by atoms with Crippen LogP contribution >= 0.6 is 24.0 Å². The molecule has 0 aliphatic heterocycles. The third-order valence-corrected chi connectivity index (χ3v) is 4.80. The van der Waals surface area contributed by atoms with Crippen molar-refractivity contribution in [3.8, 4) is 0 Å². The summed E-state index contributed by atoms with van der Waals surface area (Å²) in [5.41, 5.74) is 2.69. The van der Waals surface area contributed by atoms with Crippen molar-refractivity contribution < 1.29 is 0 Å². The van der Waals surface area contributed by atoms with Gasteiger partial charge in [0, 0.05) is 45.0 Å². The van der Waals surface area contributed by atoms with Crippen LogP contribution in [-0.2, 0) is 6.54 Å². The van der Waals surface area contributed by atoms with Crippen molar-refractivity contribution in [3.63, 3.8) is 0 Å². The summed E-state index contributed by atoms with van der Waals surface area (Å²) in [4.78, 5) is 8.41. The number of aromatic nitrogens is 2. The summed E-state index contributed by atoms with van der Waals surface area (Å²) >= 11 is 0. The highest BCUT2D eigenvalue weighted by Gasteiger charge is 2.13. The number of aliphatic imine (C=N–C) groups is 1. The second-order valence-electron chi connectivity index (χ2n) is 6.74. The van der Waals surface area contributed by atoms with E-state index in [0.717, 1.165) is 38.4 Å². The molecule has 3 aromatic rings. The Morgan fingerprint density at radius 3 is 2.14 bits per heavy atom. The molecule has 0 amide bonds. The number of imidazole rings is 1. The van der Waals surface area contributed by atoms with Gasteiger partial charge in [-0.3, -0.25) is 4.99 Å². The van der Waals surface area contributed by atoms with E-state index in [1.54, 1.807) is 0 Å². The van der Waals surface area contributed by atoms with Gasteiger partial charge in [0.1, 0.15) is 0 Å². The lowest BCUT2D eigenvalue weighted by atomic mass is 9.88. The van der Waals surface area contributed by atoms with Crippen LogP contribution in [0.5, 0.6) is 0 Å². The highest BCUT2D eigenvalue weighted by molar-refractivity contribution is 14.0. The standard InChI is InChI=1S/C23H29N5.HI/c1-24-23(26-14-8-17-28-18-16-25-19-28)27-15-13-22(20-9-4-2-5-10-20)21-11-6-3-7-12-21;/h2-7,9-12,16,18-19,22H,8,13-15,17H2,1H3,(H2,24,26,27);1H. The summed E-state index contributed by atoms with van der Waals surface area (Å²) in [6.45, 7) is 2.68. The van der Waals surface area contributed by atoms with E-state index in [2.05, 4.69) is 85.8 Å². The van der Waals surface area contributed by atoms with Gasteiger partial charge in [-0.05, 0) is 24.0 Å². The minimum Gasteiger partial charge on any atom is -0.356 e. The summed E-state index contributed by atoms with van der Waals surface area (Å²) in [5.74, 6) is 1.22. The molecule has 5 nitrogen and oxygen atoms in total. The lowest BCUT2D eigenvalue weighted by molar-refractivity contribution is 0.620. The van der Waals surface area contributed by atoms with Crippen molar-refractivity contribution in [2.75, 3.05) is 20.1 Å². The molecule has 0 fully saturated rings. The van der Waals surface area contributed by atoms with Gasteiger partial charge in [0.25, 0.3) is 0 Å². The molecule has 0 aliphatic rings. The van der Waals surface area contributed by atoms with Crippen LogP contribution in [0.2, 0.25) is 0 Å². The van der Waals surface area contributed by atoms with Crippen LogP contribution in [0.1, 0.15) is 29.9 Å². The number of nitrogens with one attached hydrogen (secondary N) is 2. The minimum absolute atomic E-state index is 0. The maximum absolute atomic E-state index is 4.34. The molecule has 3 rings (SSSR count). The summed E-state index contributed by atoms with van der Waals surface area (Å²) < 4.78 is 2.09. The lowest BCUT2D eigenvalue weighted by Gasteiger charge is -2.19. The molecule has 0 saturated heterocycles. The third-order valence-electron chi connectivity index (χ3n) is 4.80. The second kappa shape index (κ2) is 13.0. The highest BCUT2D eigenvalue weighted by Crippen LogP contribution is 2.27. The first kappa shape index (κ1) is 22.9. The average Bonchev–Trinajstić information content (AvgIpc) is 3.27. The molecule has 1 aromatic heterocycles. The summed E-state index contributed by atoms with van der Waals surface area (Å²) in [7, 11) is 1.82. The number of benzene rings is 2. The van der Waals surface area contributed by atoms with E-state index in [1.165, 1.54) is 11.1 Å². The molecule has 2 N–H and O–H groups in total. The average molecular weight is 503 g/mol. The molecule has 0 unspecified atom stereocenters. The van der Waals surface area contributed by atoms with Gasteiger partial charge in [0.05, 0.1) is 6.33 Å². The zero-order valence-corrected chi connectivity index (χ0v) is 19.2. The van der Waals surface area contributed by atoms with Gasteiger partial charge < -0.3 is 15.2 Å². The molecular weight excluding hydrogens is 473 g/mol. The van der Waals surface area contributed by atoms with E-state index in [9.17, 15) is 0 Å². The minimum atomic E-state index is 0. The maximum atomic E-state index is 4.34. The molecule has 154 valence electrons. The van der Waals surface area contributed by atoms with Crippen molar-refractivity contribution in [3.05, 3.63) is 90.5 Å². The first-order valence-corrected chi connectivity index (χ1v) is 9.87. The Morgan fingerprint density at radius 1 is 0.966 bits per heavy atom. The van der Waals surface area contributed by atoms with Crippen LogP contribution in [0.4, 0.5) is 0 Å². The fourth-order valence-electron chi connectivity index (χ4n) is 3.34. The number of halogens is 1. The quantitative estimate of drug-likeness (QED) is 0.199. The number of aryl methyl sites for hydroxylation is 1. The van der Waals surface area contributed by atoms with E-state index < -0.39 is 0 Å². The molecular formula is C23H30IN5. The van der Waals surface area contributed by atoms with E-state index in [1.807, 2.05) is 25.8 Å². The molecule has 0 aliphatic carbocycles. The largest absolute Gasteiger partial charge is 0.356 e. The van der Waals surface area contributed by atoms with Crippen LogP contribution in [0.3, 0.4) is 0 Å². The third kappa shape index (κ3) is 7.53. The molecule has 29 heavy (non-hydrogen) atoms. The van der Waals surface area contributed by atoms with Crippen molar-refractivity contribution in [2.45, 2.75) is 25.3 Å². The van der Waals surface area contributed by atoms with Crippen LogP contribution in [-0.4, -0.2) is 35.6 Å². The van der Waals surface area contributed by atoms with Gasteiger partial charge in [-0.2, -0.15) is 0 Å². The number of guanidine groups is 1. The Bertz CT molecular complexity index is 779. The molecule has 0 bridgehead atoms. The predicted octanol–water partition coefficient (Wildman–Crippen LogP) is 4.28. The molecule has 0 spiro atoms. The fourth-order valence-corrected chi connectivity index (χ4v) is 3.34. The Morgan fingerprint density at radius 2 is 1.59 bits per heavy atom. The van der Waals surface area contributed by atoms with E-state index in [4.69, 9.17) is 0 Å². The van der Waals surface area contributed by atoms with E-state index in [0.29, 0.717) is 5.92 Å². The van der Waals surface area contributed by atoms with E-state index in [-0.39, 0.29) is 24.0 Å². The monoisotopic (exact) mass is 503 g/mol. The summed E-state index contributed by atoms with van der Waals surface area (Å²) in [5, 5.41) is 6.84. The Balaban J connectivity index is 0.00000300. The van der Waals surface area contributed by atoms with Gasteiger partial charge >= 0.3 is 0 Å². The van der Waals surface area contributed by atoms with E-state index >= 15 is 0 Å². The molecule has 0 saturated carbocycles. The van der Waals surface area contributed by atoms with Gasteiger partial charge in [-0.15, -0.1) is 24.0 Å². The first-order valence-electron chi connectivity index (χ1n) is 9.87. The highest BCUT2D eigenvalue weighted by atomic mass is 127. The molecule has 2 aromatic carbocycles. The zero-order valence-electron chi connectivity index (χ0n) is 16.9. The maximum Gasteiger partial charge on any atom is 0.190 e. The first-order chi connectivity index (χ1) is 13.9. The smallest absolute Gasteiger partial charge is 0.190 e. The fraction of sp³-hybridized carbons (Fsp3) is 0.304. The Hall–Kier alpha value is -2.35. The second-order valence-corrected chi connectivity index (χ2v) is 6.74. The van der Waals surface area contributed by atoms with Crippen molar-refractivity contribution >= 4 is 29.9 Å². The van der Waals surface area contributed by atoms with Crippen LogP contribution in [0.25, 0.3) is 0 Å². The number of nitrogens with zero attached hydrogens (tertiary/aromatic N) is 3. The van der Waals surface area contributed by atoms with Crippen molar-refractivity contribution in [1.29, 1.82) is 0 Å². The van der Waals surface area contributed by atoms with Crippen molar-refractivity contribution in [1.82, 2.24) is 20.2 Å². The lowest BCUT2D eigenvalue weighted by Crippen LogP contribution is -2.38. The number of hydrogen-bond donors (Lipinski definition) is 2. The van der Waals surface area contributed by atoms with Gasteiger partial charge in [0.2, 0.25) is 0 Å². The molecule has 0 atom stereocenters. The molecule has 1 heterocycles. The van der Waals surface area contributed by atoms with Crippen LogP contribution < -0.4 is 10.6 Å². The topological polar surface area (TPSA) is 54.2 Å². The number of rotatable bonds is 9. The normalized spacial score (nSPS) is 11.2. The van der Waals surface area contributed by atoms with Crippen molar-refractivity contribution in [2.24, 2.45) is 4.99 Å². The predicted molar refractivity (Wildman–Crippen MR) is 131 cm³/mol.